The average Bonchev–Trinajstić information content (AvgIpc) is 2.41. The molecule has 1 fully saturated rings. The number of nitrogens with one attached hydrogen (secondary N) is 3. The Balaban J connectivity index is 2.13. The number of anilines is 2. The number of rotatable bonds is 5. The number of hydrogen-bond acceptors (Lipinski definition) is 8. The normalized spacial score (nSPS) is 18.6. The van der Waals surface area contributed by atoms with Crippen molar-refractivity contribution in [3.8, 4) is 6.01 Å². The number of amides is 1. The molecule has 2 rings (SSSR count). The van der Waals surface area contributed by atoms with Gasteiger partial charge in [0.25, 0.3) is 0 Å². The smallest absolute Gasteiger partial charge is 0.323 e. The predicted molar refractivity (Wildman–Crippen MR) is 68.5 cm³/mol. The topological polar surface area (TPSA) is 127 Å². The van der Waals surface area contributed by atoms with E-state index in [1.807, 2.05) is 6.92 Å². The summed E-state index contributed by atoms with van der Waals surface area (Å²) in [6.07, 6.45) is 1.64. The zero-order valence-electron chi connectivity index (χ0n) is 10.6. The van der Waals surface area contributed by atoms with Gasteiger partial charge in [-0.3, -0.25) is 10.2 Å². The van der Waals surface area contributed by atoms with Crippen LogP contribution in [0.15, 0.2) is 0 Å². The number of hydrazine groups is 1. The van der Waals surface area contributed by atoms with Crippen molar-refractivity contribution in [2.75, 3.05) is 23.9 Å². The molecular formula is C10H17N7O2. The highest BCUT2D eigenvalue weighted by molar-refractivity contribution is 5.84. The van der Waals surface area contributed by atoms with Gasteiger partial charge in [0, 0.05) is 6.54 Å². The minimum atomic E-state index is -0.351. The van der Waals surface area contributed by atoms with Crippen LogP contribution >= 0.6 is 0 Å². The van der Waals surface area contributed by atoms with Gasteiger partial charge in [0.15, 0.2) is 0 Å². The van der Waals surface area contributed by atoms with E-state index in [1.165, 1.54) is 0 Å². The molecule has 9 nitrogen and oxygen atoms in total. The number of aromatic nitrogens is 3. The summed E-state index contributed by atoms with van der Waals surface area (Å²) in [5.41, 5.74) is 2.33. The Morgan fingerprint density at radius 3 is 2.89 bits per heavy atom. The van der Waals surface area contributed by atoms with Crippen molar-refractivity contribution in [3.05, 3.63) is 0 Å². The van der Waals surface area contributed by atoms with Gasteiger partial charge < -0.3 is 15.4 Å². The van der Waals surface area contributed by atoms with E-state index >= 15 is 0 Å². The van der Waals surface area contributed by atoms with Gasteiger partial charge in [-0.25, -0.2) is 5.84 Å². The molecule has 1 amide bonds. The maximum Gasteiger partial charge on any atom is 0.323 e. The standard InChI is InChI=1S/C10H17N7O2/c1-2-19-10-15-8(14-9(16-10)17-11)13-6-4-3-5-12-7(6)18/h6H,2-5,11H2,1H3,(H,12,18)(H2,13,14,15,16,17). The van der Waals surface area contributed by atoms with E-state index in [1.54, 1.807) is 0 Å². The van der Waals surface area contributed by atoms with E-state index < -0.39 is 0 Å². The molecule has 0 radical (unpaired) electrons. The van der Waals surface area contributed by atoms with Crippen LogP contribution in [0.25, 0.3) is 0 Å². The Bertz CT molecular complexity index is 454. The number of nitrogens with two attached hydrogens (primary N) is 1. The zero-order chi connectivity index (χ0) is 13.7. The fourth-order valence-corrected chi connectivity index (χ4v) is 1.74. The van der Waals surface area contributed by atoms with Crippen molar-refractivity contribution in [2.45, 2.75) is 25.8 Å². The van der Waals surface area contributed by atoms with E-state index in [0.29, 0.717) is 13.2 Å². The van der Waals surface area contributed by atoms with Crippen LogP contribution < -0.4 is 26.6 Å². The highest BCUT2D eigenvalue weighted by atomic mass is 16.5. The van der Waals surface area contributed by atoms with Gasteiger partial charge in [-0.05, 0) is 19.8 Å². The quantitative estimate of drug-likeness (QED) is 0.405. The Kier molecular flexibility index (Phi) is 4.29. The number of piperidine rings is 1. The maximum absolute atomic E-state index is 11.6. The first kappa shape index (κ1) is 13.3. The van der Waals surface area contributed by atoms with Gasteiger partial charge in [-0.15, -0.1) is 0 Å². The molecule has 1 aliphatic rings. The minimum absolute atomic E-state index is 0.0631. The van der Waals surface area contributed by atoms with Crippen molar-refractivity contribution in [1.29, 1.82) is 0 Å². The lowest BCUT2D eigenvalue weighted by atomic mass is 10.1. The molecule has 1 atom stereocenters. The third-order valence-corrected chi connectivity index (χ3v) is 2.61. The largest absolute Gasteiger partial charge is 0.464 e. The van der Waals surface area contributed by atoms with Crippen LogP contribution in [0.2, 0.25) is 0 Å². The van der Waals surface area contributed by atoms with Gasteiger partial charge in [-0.2, -0.15) is 15.0 Å². The number of nitrogens with zero attached hydrogens (tertiary/aromatic N) is 3. The first-order chi connectivity index (χ1) is 9.22. The molecule has 0 aliphatic carbocycles. The van der Waals surface area contributed by atoms with Crippen molar-refractivity contribution in [2.24, 2.45) is 5.84 Å². The summed E-state index contributed by atoms with van der Waals surface area (Å²) in [5.74, 6) is 5.65. The Morgan fingerprint density at radius 1 is 1.42 bits per heavy atom. The summed E-state index contributed by atoms with van der Waals surface area (Å²) in [4.78, 5) is 23.7. The SMILES string of the molecule is CCOc1nc(NN)nc(NC2CCCNC2=O)n1. The van der Waals surface area contributed by atoms with E-state index in [-0.39, 0.29) is 29.9 Å². The summed E-state index contributed by atoms with van der Waals surface area (Å²) in [6, 6.07) is -0.194. The van der Waals surface area contributed by atoms with Crippen LogP contribution in [-0.2, 0) is 4.79 Å². The number of carbonyl (C=O) groups is 1. The third kappa shape index (κ3) is 3.41. The fraction of sp³-hybridized carbons (Fsp3) is 0.600. The van der Waals surface area contributed by atoms with E-state index in [0.717, 1.165) is 12.8 Å². The highest BCUT2D eigenvalue weighted by Gasteiger charge is 2.23. The molecule has 104 valence electrons. The Morgan fingerprint density at radius 2 is 2.21 bits per heavy atom. The molecule has 9 heteroatoms. The van der Waals surface area contributed by atoms with Gasteiger partial charge in [0.2, 0.25) is 17.8 Å². The number of ether oxygens (including phenoxy) is 1. The molecule has 1 saturated heterocycles. The van der Waals surface area contributed by atoms with Crippen LogP contribution in [0, 0.1) is 0 Å². The number of carbonyl (C=O) groups excluding carboxylic acids is 1. The van der Waals surface area contributed by atoms with Crippen molar-refractivity contribution in [1.82, 2.24) is 20.3 Å². The van der Waals surface area contributed by atoms with Gasteiger partial charge in [0.05, 0.1) is 6.61 Å². The second-order valence-corrected chi connectivity index (χ2v) is 3.97. The van der Waals surface area contributed by atoms with E-state index in [2.05, 4.69) is 31.0 Å². The first-order valence-electron chi connectivity index (χ1n) is 6.12. The van der Waals surface area contributed by atoms with Crippen molar-refractivity contribution in [3.63, 3.8) is 0 Å². The lowest BCUT2D eigenvalue weighted by Gasteiger charge is -2.22. The van der Waals surface area contributed by atoms with Crippen molar-refractivity contribution >= 4 is 17.8 Å². The predicted octanol–water partition coefficient (Wildman–Crippen LogP) is -0.754. The third-order valence-electron chi connectivity index (χ3n) is 2.61. The zero-order valence-corrected chi connectivity index (χ0v) is 10.6. The summed E-state index contributed by atoms with van der Waals surface area (Å²) < 4.78 is 5.21. The second kappa shape index (κ2) is 6.14. The van der Waals surface area contributed by atoms with Gasteiger partial charge in [-0.1, -0.05) is 0 Å². The van der Waals surface area contributed by atoms with E-state index in [4.69, 9.17) is 10.6 Å². The summed E-state index contributed by atoms with van der Waals surface area (Å²) >= 11 is 0. The molecule has 19 heavy (non-hydrogen) atoms. The molecule has 1 aromatic rings. The molecule has 2 heterocycles. The highest BCUT2D eigenvalue weighted by Crippen LogP contribution is 2.14. The van der Waals surface area contributed by atoms with Crippen LogP contribution in [0.4, 0.5) is 11.9 Å². The molecule has 1 aromatic heterocycles. The van der Waals surface area contributed by atoms with Crippen LogP contribution in [0.3, 0.4) is 0 Å². The molecule has 0 bridgehead atoms. The average molecular weight is 267 g/mol. The molecule has 1 aliphatic heterocycles. The van der Waals surface area contributed by atoms with E-state index in [9.17, 15) is 4.79 Å². The molecule has 0 aromatic carbocycles. The Labute approximate surface area is 110 Å². The lowest BCUT2D eigenvalue weighted by molar-refractivity contribution is -0.123. The first-order valence-corrected chi connectivity index (χ1v) is 6.12. The fourth-order valence-electron chi connectivity index (χ4n) is 1.74. The van der Waals surface area contributed by atoms with Crippen LogP contribution in [0.5, 0.6) is 6.01 Å². The van der Waals surface area contributed by atoms with Gasteiger partial charge >= 0.3 is 6.01 Å². The maximum atomic E-state index is 11.6. The number of nitrogen functional groups attached to an aromatic ring is 1. The monoisotopic (exact) mass is 267 g/mol. The molecular weight excluding hydrogens is 250 g/mol. The molecule has 0 saturated carbocycles. The Hall–Kier alpha value is -2.16. The van der Waals surface area contributed by atoms with Crippen LogP contribution in [-0.4, -0.2) is 40.1 Å². The lowest BCUT2D eigenvalue weighted by Crippen LogP contribution is -2.44. The summed E-state index contributed by atoms with van der Waals surface area (Å²) in [7, 11) is 0. The second-order valence-electron chi connectivity index (χ2n) is 3.97. The molecule has 1 unspecified atom stereocenters. The van der Waals surface area contributed by atoms with Crippen molar-refractivity contribution < 1.29 is 9.53 Å². The molecule has 0 spiro atoms. The van der Waals surface area contributed by atoms with Crippen LogP contribution in [0.1, 0.15) is 19.8 Å². The minimum Gasteiger partial charge on any atom is -0.464 e. The summed E-state index contributed by atoms with van der Waals surface area (Å²) in [6.45, 7) is 2.95. The molecule has 5 N–H and O–H groups in total. The number of hydrogen-bond donors (Lipinski definition) is 4. The van der Waals surface area contributed by atoms with Gasteiger partial charge in [0.1, 0.15) is 6.04 Å². The summed E-state index contributed by atoms with van der Waals surface area (Å²) in [5, 5.41) is 5.73.